The zero-order valence-corrected chi connectivity index (χ0v) is 11.9. The quantitative estimate of drug-likeness (QED) is 0.801. The van der Waals surface area contributed by atoms with Gasteiger partial charge in [-0.1, -0.05) is 26.0 Å². The van der Waals surface area contributed by atoms with Gasteiger partial charge < -0.3 is 10.5 Å². The third kappa shape index (κ3) is 3.35. The Morgan fingerprint density at radius 3 is 2.89 bits per heavy atom. The second-order valence-electron chi connectivity index (χ2n) is 6.02. The summed E-state index contributed by atoms with van der Waals surface area (Å²) in [7, 11) is 0. The van der Waals surface area contributed by atoms with Crippen molar-refractivity contribution in [3.63, 3.8) is 0 Å². The molecule has 0 atom stereocenters. The van der Waals surface area contributed by atoms with Gasteiger partial charge in [0.1, 0.15) is 5.75 Å². The van der Waals surface area contributed by atoms with E-state index in [4.69, 9.17) is 10.5 Å². The summed E-state index contributed by atoms with van der Waals surface area (Å²) in [6.45, 7) is 5.70. The van der Waals surface area contributed by atoms with Gasteiger partial charge in [0.25, 0.3) is 0 Å². The number of benzene rings is 1. The number of carbonyl (C=O) groups excluding carboxylic acids is 1. The van der Waals surface area contributed by atoms with Crippen molar-refractivity contribution in [1.29, 1.82) is 0 Å². The van der Waals surface area contributed by atoms with Crippen molar-refractivity contribution in [3.05, 3.63) is 29.3 Å². The summed E-state index contributed by atoms with van der Waals surface area (Å²) < 4.78 is 5.59. The average Bonchev–Trinajstić information content (AvgIpc) is 2.84. The molecule has 0 radical (unpaired) electrons. The standard InChI is InChI=1S/C16H23NO2/c1-16(2,9-10-17)8-6-14(18)13-5-3-4-12-7-11-19-15(12)13/h3-5H,6-11,17H2,1-2H3. The summed E-state index contributed by atoms with van der Waals surface area (Å²) in [6.07, 6.45) is 3.29. The molecule has 2 N–H and O–H groups in total. The summed E-state index contributed by atoms with van der Waals surface area (Å²) in [6, 6.07) is 5.87. The van der Waals surface area contributed by atoms with Crippen molar-refractivity contribution in [2.75, 3.05) is 13.2 Å². The third-order valence-electron chi connectivity index (χ3n) is 3.86. The zero-order valence-electron chi connectivity index (χ0n) is 11.9. The molecule has 0 bridgehead atoms. The molecule has 3 heteroatoms. The Morgan fingerprint density at radius 2 is 2.16 bits per heavy atom. The first-order valence-corrected chi connectivity index (χ1v) is 7.01. The van der Waals surface area contributed by atoms with Gasteiger partial charge in [-0.2, -0.15) is 0 Å². The van der Waals surface area contributed by atoms with Crippen LogP contribution in [0, 0.1) is 5.41 Å². The molecule has 1 aromatic carbocycles. The molecule has 3 nitrogen and oxygen atoms in total. The fourth-order valence-corrected chi connectivity index (χ4v) is 2.54. The summed E-state index contributed by atoms with van der Waals surface area (Å²) in [5, 5.41) is 0. The highest BCUT2D eigenvalue weighted by atomic mass is 16.5. The van der Waals surface area contributed by atoms with Crippen molar-refractivity contribution in [1.82, 2.24) is 0 Å². The van der Waals surface area contributed by atoms with Crippen molar-refractivity contribution in [3.8, 4) is 5.75 Å². The number of ketones is 1. The van der Waals surface area contributed by atoms with Crippen LogP contribution in [0.25, 0.3) is 0 Å². The van der Waals surface area contributed by atoms with Crippen LogP contribution in [-0.2, 0) is 6.42 Å². The van der Waals surface area contributed by atoms with E-state index < -0.39 is 0 Å². The maximum absolute atomic E-state index is 12.3. The highest BCUT2D eigenvalue weighted by Gasteiger charge is 2.23. The predicted molar refractivity (Wildman–Crippen MR) is 76.7 cm³/mol. The maximum atomic E-state index is 12.3. The Balaban J connectivity index is 2.03. The van der Waals surface area contributed by atoms with Gasteiger partial charge in [-0.3, -0.25) is 4.79 Å². The van der Waals surface area contributed by atoms with E-state index in [1.165, 1.54) is 0 Å². The number of ether oxygens (including phenoxy) is 1. The molecule has 0 amide bonds. The fourth-order valence-electron chi connectivity index (χ4n) is 2.54. The topological polar surface area (TPSA) is 52.3 Å². The molecule has 0 aromatic heterocycles. The first-order valence-electron chi connectivity index (χ1n) is 7.01. The van der Waals surface area contributed by atoms with Crippen LogP contribution in [0.15, 0.2) is 18.2 Å². The van der Waals surface area contributed by atoms with Crippen LogP contribution in [0.5, 0.6) is 5.75 Å². The summed E-state index contributed by atoms with van der Waals surface area (Å²) in [4.78, 5) is 12.3. The van der Waals surface area contributed by atoms with Gasteiger partial charge >= 0.3 is 0 Å². The Kier molecular flexibility index (Phi) is 4.25. The third-order valence-corrected chi connectivity index (χ3v) is 3.86. The Morgan fingerprint density at radius 1 is 1.37 bits per heavy atom. The highest BCUT2D eigenvalue weighted by Crippen LogP contribution is 2.32. The molecule has 1 aromatic rings. The number of hydrogen-bond acceptors (Lipinski definition) is 3. The Hall–Kier alpha value is -1.35. The van der Waals surface area contributed by atoms with Crippen LogP contribution in [0.4, 0.5) is 0 Å². The molecular formula is C16H23NO2. The Labute approximate surface area is 115 Å². The monoisotopic (exact) mass is 261 g/mol. The van der Waals surface area contributed by atoms with Gasteiger partial charge in [0.15, 0.2) is 5.78 Å². The zero-order chi connectivity index (χ0) is 13.9. The van der Waals surface area contributed by atoms with Crippen molar-refractivity contribution < 1.29 is 9.53 Å². The lowest BCUT2D eigenvalue weighted by Crippen LogP contribution is -2.18. The smallest absolute Gasteiger partial charge is 0.166 e. The van der Waals surface area contributed by atoms with Crippen LogP contribution >= 0.6 is 0 Å². The molecule has 0 fully saturated rings. The second-order valence-corrected chi connectivity index (χ2v) is 6.02. The van der Waals surface area contributed by atoms with Gasteiger partial charge in [-0.15, -0.1) is 0 Å². The highest BCUT2D eigenvalue weighted by molar-refractivity contribution is 5.99. The fraction of sp³-hybridized carbons (Fsp3) is 0.562. The van der Waals surface area contributed by atoms with E-state index in [-0.39, 0.29) is 11.2 Å². The summed E-state index contributed by atoms with van der Waals surface area (Å²) in [5.74, 6) is 0.993. The predicted octanol–water partition coefficient (Wildman–Crippen LogP) is 2.96. The van der Waals surface area contributed by atoms with Gasteiger partial charge in [0.2, 0.25) is 0 Å². The minimum Gasteiger partial charge on any atom is -0.492 e. The van der Waals surface area contributed by atoms with Crippen LogP contribution in [0.3, 0.4) is 0 Å². The summed E-state index contributed by atoms with van der Waals surface area (Å²) >= 11 is 0. The van der Waals surface area contributed by atoms with E-state index >= 15 is 0 Å². The molecule has 0 unspecified atom stereocenters. The minimum atomic E-state index is 0.128. The van der Waals surface area contributed by atoms with Crippen LogP contribution in [0.1, 0.15) is 49.0 Å². The second kappa shape index (κ2) is 5.74. The lowest BCUT2D eigenvalue weighted by Gasteiger charge is -2.23. The molecular weight excluding hydrogens is 238 g/mol. The van der Waals surface area contributed by atoms with E-state index in [2.05, 4.69) is 13.8 Å². The van der Waals surface area contributed by atoms with E-state index in [0.717, 1.165) is 36.1 Å². The largest absolute Gasteiger partial charge is 0.492 e. The Bertz CT molecular complexity index is 466. The maximum Gasteiger partial charge on any atom is 0.166 e. The van der Waals surface area contributed by atoms with E-state index in [1.54, 1.807) is 0 Å². The van der Waals surface area contributed by atoms with Crippen LogP contribution in [0.2, 0.25) is 0 Å². The molecule has 0 saturated heterocycles. The molecule has 0 spiro atoms. The van der Waals surface area contributed by atoms with Crippen molar-refractivity contribution >= 4 is 5.78 Å². The molecule has 0 saturated carbocycles. The van der Waals surface area contributed by atoms with Gasteiger partial charge in [-0.05, 0) is 36.4 Å². The molecule has 1 aliphatic rings. The first-order chi connectivity index (χ1) is 9.03. The molecule has 2 rings (SSSR count). The van der Waals surface area contributed by atoms with Crippen molar-refractivity contribution in [2.45, 2.75) is 39.5 Å². The van der Waals surface area contributed by atoms with Crippen LogP contribution < -0.4 is 10.5 Å². The minimum absolute atomic E-state index is 0.128. The van der Waals surface area contributed by atoms with Gasteiger partial charge in [0, 0.05) is 12.8 Å². The first kappa shape index (κ1) is 14.1. The SMILES string of the molecule is CC(C)(CCN)CCC(=O)c1cccc2c1OCC2. The molecule has 104 valence electrons. The van der Waals surface area contributed by atoms with Gasteiger partial charge in [-0.25, -0.2) is 0 Å². The number of Topliss-reactive ketones (excluding diaryl/α,β-unsaturated/α-hetero) is 1. The number of rotatable bonds is 6. The van der Waals surface area contributed by atoms with E-state index in [1.807, 2.05) is 18.2 Å². The molecule has 0 aliphatic carbocycles. The van der Waals surface area contributed by atoms with Gasteiger partial charge in [0.05, 0.1) is 12.2 Å². The number of hydrogen-bond donors (Lipinski definition) is 1. The summed E-state index contributed by atoms with van der Waals surface area (Å²) in [5.41, 5.74) is 7.64. The van der Waals surface area contributed by atoms with E-state index in [0.29, 0.717) is 19.6 Å². The number of fused-ring (bicyclic) bond motifs is 1. The molecule has 1 heterocycles. The normalized spacial score (nSPS) is 14.1. The number of nitrogens with two attached hydrogens (primary N) is 1. The average molecular weight is 261 g/mol. The molecule has 1 aliphatic heterocycles. The number of carbonyl (C=O) groups is 1. The lowest BCUT2D eigenvalue weighted by atomic mass is 9.83. The molecule has 19 heavy (non-hydrogen) atoms. The van der Waals surface area contributed by atoms with Crippen LogP contribution in [-0.4, -0.2) is 18.9 Å². The van der Waals surface area contributed by atoms with Crippen molar-refractivity contribution in [2.24, 2.45) is 11.1 Å². The lowest BCUT2D eigenvalue weighted by molar-refractivity contribution is 0.0958. The number of para-hydroxylation sites is 1. The van der Waals surface area contributed by atoms with E-state index in [9.17, 15) is 4.79 Å².